The van der Waals surface area contributed by atoms with E-state index >= 15 is 0 Å². The van der Waals surface area contributed by atoms with Crippen LogP contribution < -0.4 is 0 Å². The van der Waals surface area contributed by atoms with Crippen LogP contribution in [0, 0.1) is 0 Å². The lowest BCUT2D eigenvalue weighted by atomic mass is 9.98. The number of alkyl halides is 1. The van der Waals surface area contributed by atoms with Crippen molar-refractivity contribution in [2.24, 2.45) is 0 Å². The summed E-state index contributed by atoms with van der Waals surface area (Å²) in [4.78, 5) is 1.49. The van der Waals surface area contributed by atoms with Gasteiger partial charge in [0.15, 0.2) is 0 Å². The SMILES string of the molecule is CSc1ccc(C(Br)c2ccc(Br)c3ccccc23)cc1. The Kier molecular flexibility index (Phi) is 4.72. The molecule has 0 aliphatic heterocycles. The second kappa shape index (κ2) is 6.55. The molecule has 3 aromatic rings. The molecule has 1 unspecified atom stereocenters. The smallest absolute Gasteiger partial charge is 0.0650 e. The standard InChI is InChI=1S/C18H14Br2S/c1-21-13-8-6-12(7-9-13)18(20)16-10-11-17(19)15-5-3-2-4-14(15)16/h2-11,18H,1H3. The Bertz CT molecular complexity index is 766. The van der Waals surface area contributed by atoms with Crippen molar-refractivity contribution in [1.29, 1.82) is 0 Å². The van der Waals surface area contributed by atoms with Crippen molar-refractivity contribution < 1.29 is 0 Å². The lowest BCUT2D eigenvalue weighted by Crippen LogP contribution is -1.94. The first-order valence-electron chi connectivity index (χ1n) is 6.66. The van der Waals surface area contributed by atoms with E-state index in [1.165, 1.54) is 26.8 Å². The molecule has 3 aromatic carbocycles. The molecular weight excluding hydrogens is 408 g/mol. The molecule has 0 aliphatic carbocycles. The molecule has 3 heteroatoms. The van der Waals surface area contributed by atoms with Crippen LogP contribution in [0.4, 0.5) is 0 Å². The van der Waals surface area contributed by atoms with Crippen LogP contribution in [0.15, 0.2) is 70.0 Å². The first-order chi connectivity index (χ1) is 10.2. The zero-order chi connectivity index (χ0) is 14.8. The zero-order valence-electron chi connectivity index (χ0n) is 11.5. The molecule has 0 aromatic heterocycles. The summed E-state index contributed by atoms with van der Waals surface area (Å²) in [7, 11) is 0. The zero-order valence-corrected chi connectivity index (χ0v) is 15.5. The molecule has 0 saturated heterocycles. The first-order valence-corrected chi connectivity index (χ1v) is 9.59. The van der Waals surface area contributed by atoms with E-state index in [1.54, 1.807) is 11.8 Å². The first kappa shape index (κ1) is 15.1. The van der Waals surface area contributed by atoms with Gasteiger partial charge in [0.1, 0.15) is 0 Å². The Labute approximate surface area is 146 Å². The third-order valence-corrected chi connectivity index (χ3v) is 6.04. The molecule has 0 saturated carbocycles. The Morgan fingerprint density at radius 3 is 2.19 bits per heavy atom. The van der Waals surface area contributed by atoms with Crippen molar-refractivity contribution in [2.75, 3.05) is 6.26 Å². The molecule has 106 valence electrons. The monoisotopic (exact) mass is 420 g/mol. The molecule has 0 radical (unpaired) electrons. The van der Waals surface area contributed by atoms with Crippen LogP contribution in [-0.4, -0.2) is 6.26 Å². The molecule has 0 bridgehead atoms. The van der Waals surface area contributed by atoms with Crippen molar-refractivity contribution in [1.82, 2.24) is 0 Å². The molecule has 0 amide bonds. The number of benzene rings is 3. The molecule has 0 aliphatic rings. The van der Waals surface area contributed by atoms with E-state index < -0.39 is 0 Å². The van der Waals surface area contributed by atoms with Gasteiger partial charge >= 0.3 is 0 Å². The fourth-order valence-corrected chi connectivity index (χ4v) is 4.05. The maximum absolute atomic E-state index is 3.86. The summed E-state index contributed by atoms with van der Waals surface area (Å²) in [6, 6.07) is 21.6. The van der Waals surface area contributed by atoms with Gasteiger partial charge in [0.2, 0.25) is 0 Å². The van der Waals surface area contributed by atoms with Crippen LogP contribution in [0.1, 0.15) is 16.0 Å². The topological polar surface area (TPSA) is 0 Å². The van der Waals surface area contributed by atoms with Crippen LogP contribution in [0.2, 0.25) is 0 Å². The van der Waals surface area contributed by atoms with E-state index in [-0.39, 0.29) is 4.83 Å². The summed E-state index contributed by atoms with van der Waals surface area (Å²) in [5.41, 5.74) is 2.57. The number of hydrogen-bond donors (Lipinski definition) is 0. The largest absolute Gasteiger partial charge is 0.130 e. The van der Waals surface area contributed by atoms with Crippen molar-refractivity contribution in [3.63, 3.8) is 0 Å². The van der Waals surface area contributed by atoms with Gasteiger partial charge in [-0.3, -0.25) is 0 Å². The van der Waals surface area contributed by atoms with Crippen molar-refractivity contribution in [2.45, 2.75) is 9.72 Å². The highest BCUT2D eigenvalue weighted by Crippen LogP contribution is 2.38. The minimum absolute atomic E-state index is 0.200. The summed E-state index contributed by atoms with van der Waals surface area (Å²) in [5.74, 6) is 0. The van der Waals surface area contributed by atoms with Crippen molar-refractivity contribution in [3.05, 3.63) is 76.3 Å². The predicted octanol–water partition coefficient (Wildman–Crippen LogP) is 6.81. The van der Waals surface area contributed by atoms with Crippen LogP contribution in [0.3, 0.4) is 0 Å². The Morgan fingerprint density at radius 2 is 1.52 bits per heavy atom. The van der Waals surface area contributed by atoms with Gasteiger partial charge in [-0.25, -0.2) is 0 Å². The highest BCUT2D eigenvalue weighted by atomic mass is 79.9. The molecule has 3 rings (SSSR count). The Hall–Kier alpha value is -0.770. The van der Waals surface area contributed by atoms with E-state index in [9.17, 15) is 0 Å². The third-order valence-electron chi connectivity index (χ3n) is 3.59. The Morgan fingerprint density at radius 1 is 0.857 bits per heavy atom. The van der Waals surface area contributed by atoms with Crippen LogP contribution in [0.5, 0.6) is 0 Å². The predicted molar refractivity (Wildman–Crippen MR) is 101 cm³/mol. The molecule has 0 nitrogen and oxygen atoms in total. The van der Waals surface area contributed by atoms with Crippen LogP contribution >= 0.6 is 43.6 Å². The highest BCUT2D eigenvalue weighted by Gasteiger charge is 2.14. The second-order valence-corrected chi connectivity index (χ2v) is 7.47. The molecular formula is C18H14Br2S. The third kappa shape index (κ3) is 3.05. The normalized spacial score (nSPS) is 12.5. The fourth-order valence-electron chi connectivity index (χ4n) is 2.46. The maximum atomic E-state index is 3.86. The van der Waals surface area contributed by atoms with E-state index in [4.69, 9.17) is 0 Å². The quantitative estimate of drug-likeness (QED) is 0.330. The molecule has 0 N–H and O–H groups in total. The number of fused-ring (bicyclic) bond motifs is 1. The summed E-state index contributed by atoms with van der Waals surface area (Å²) >= 11 is 9.27. The van der Waals surface area contributed by atoms with Gasteiger partial charge in [-0.2, -0.15) is 0 Å². The number of hydrogen-bond acceptors (Lipinski definition) is 1. The molecule has 0 heterocycles. The summed E-state index contributed by atoms with van der Waals surface area (Å²) in [5, 5.41) is 2.53. The van der Waals surface area contributed by atoms with Crippen LogP contribution in [-0.2, 0) is 0 Å². The summed E-state index contributed by atoms with van der Waals surface area (Å²) in [6.07, 6.45) is 2.10. The average Bonchev–Trinajstić information content (AvgIpc) is 2.55. The number of rotatable bonds is 3. The van der Waals surface area contributed by atoms with Gasteiger partial charge in [-0.1, -0.05) is 74.3 Å². The van der Waals surface area contributed by atoms with Gasteiger partial charge in [-0.05, 0) is 46.4 Å². The molecule has 0 spiro atoms. The van der Waals surface area contributed by atoms with Gasteiger partial charge in [0.05, 0.1) is 4.83 Å². The number of thioether (sulfide) groups is 1. The maximum Gasteiger partial charge on any atom is 0.0650 e. The van der Waals surface area contributed by atoms with Crippen LogP contribution in [0.25, 0.3) is 10.8 Å². The molecule has 21 heavy (non-hydrogen) atoms. The van der Waals surface area contributed by atoms with Crippen molar-refractivity contribution >= 4 is 54.4 Å². The molecule has 1 atom stereocenters. The summed E-state index contributed by atoms with van der Waals surface area (Å²) in [6.45, 7) is 0. The van der Waals surface area contributed by atoms with Gasteiger partial charge in [0.25, 0.3) is 0 Å². The van der Waals surface area contributed by atoms with Crippen molar-refractivity contribution in [3.8, 4) is 0 Å². The van der Waals surface area contributed by atoms with Gasteiger partial charge in [-0.15, -0.1) is 11.8 Å². The minimum atomic E-state index is 0.200. The number of halogens is 2. The van der Waals surface area contributed by atoms with Gasteiger partial charge in [0, 0.05) is 9.37 Å². The fraction of sp³-hybridized carbons (Fsp3) is 0.111. The lowest BCUT2D eigenvalue weighted by molar-refractivity contribution is 1.18. The van der Waals surface area contributed by atoms with E-state index in [1.807, 2.05) is 0 Å². The minimum Gasteiger partial charge on any atom is -0.130 e. The van der Waals surface area contributed by atoms with E-state index in [0.717, 1.165) is 4.47 Å². The second-order valence-electron chi connectivity index (χ2n) is 4.82. The summed E-state index contributed by atoms with van der Waals surface area (Å²) < 4.78 is 1.14. The highest BCUT2D eigenvalue weighted by molar-refractivity contribution is 9.10. The van der Waals surface area contributed by atoms with E-state index in [2.05, 4.69) is 98.8 Å². The van der Waals surface area contributed by atoms with Gasteiger partial charge < -0.3 is 0 Å². The van der Waals surface area contributed by atoms with E-state index in [0.29, 0.717) is 0 Å². The molecule has 0 fully saturated rings. The average molecular weight is 422 g/mol. The Balaban J connectivity index is 2.08. The lowest BCUT2D eigenvalue weighted by Gasteiger charge is -2.15.